The minimum absolute atomic E-state index is 0.0118. The average molecular weight is 589 g/mol. The Bertz CT molecular complexity index is 1730. The zero-order chi connectivity index (χ0) is 30.5. The predicted octanol–water partition coefficient (Wildman–Crippen LogP) is 6.97. The Morgan fingerprint density at radius 1 is 0.932 bits per heavy atom. The number of hydrogen-bond donors (Lipinski definition) is 0. The molecule has 2 atom stereocenters. The summed E-state index contributed by atoms with van der Waals surface area (Å²) in [6.45, 7) is 7.32. The van der Waals surface area contributed by atoms with Crippen LogP contribution in [-0.4, -0.2) is 48.3 Å². The van der Waals surface area contributed by atoms with Gasteiger partial charge in [0.15, 0.2) is 0 Å². The highest BCUT2D eigenvalue weighted by molar-refractivity contribution is 6.11. The lowest BCUT2D eigenvalue weighted by atomic mass is 9.77. The molecular formula is C37H36N2O5. The average Bonchev–Trinajstić information content (AvgIpc) is 3.70. The number of carbonyl (C=O) groups is 2. The lowest BCUT2D eigenvalue weighted by Crippen LogP contribution is -2.42. The summed E-state index contributed by atoms with van der Waals surface area (Å²) in [4.78, 5) is 30.6. The Labute approximate surface area is 258 Å². The van der Waals surface area contributed by atoms with Crippen LogP contribution >= 0.6 is 0 Å². The van der Waals surface area contributed by atoms with Gasteiger partial charge in [0.2, 0.25) is 5.91 Å². The van der Waals surface area contributed by atoms with E-state index in [1.165, 1.54) is 0 Å². The quantitative estimate of drug-likeness (QED) is 0.252. The number of ether oxygens (including phenoxy) is 3. The summed E-state index contributed by atoms with van der Waals surface area (Å²) in [7, 11) is 0. The van der Waals surface area contributed by atoms with Gasteiger partial charge >= 0.3 is 6.09 Å². The van der Waals surface area contributed by atoms with Gasteiger partial charge in [-0.2, -0.15) is 0 Å². The summed E-state index contributed by atoms with van der Waals surface area (Å²) in [5.74, 6) is 1.32. The van der Waals surface area contributed by atoms with Crippen LogP contribution < -0.4 is 14.4 Å². The van der Waals surface area contributed by atoms with Crippen LogP contribution in [0.3, 0.4) is 0 Å². The number of amides is 2. The van der Waals surface area contributed by atoms with Crippen LogP contribution in [0.1, 0.15) is 43.9 Å². The third-order valence-electron chi connectivity index (χ3n) is 8.65. The topological polar surface area (TPSA) is 68.3 Å². The number of para-hydroxylation sites is 1. The van der Waals surface area contributed by atoms with Crippen molar-refractivity contribution in [2.45, 2.75) is 50.9 Å². The zero-order valence-electron chi connectivity index (χ0n) is 25.3. The summed E-state index contributed by atoms with van der Waals surface area (Å²) in [5.41, 5.74) is 4.57. The van der Waals surface area contributed by atoms with E-state index in [4.69, 9.17) is 14.2 Å². The van der Waals surface area contributed by atoms with Gasteiger partial charge in [-0.3, -0.25) is 4.79 Å². The maximum Gasteiger partial charge on any atom is 0.410 e. The predicted molar refractivity (Wildman–Crippen MR) is 169 cm³/mol. The molecule has 0 aromatic heterocycles. The number of benzene rings is 4. The summed E-state index contributed by atoms with van der Waals surface area (Å²) in [6, 6.07) is 32.3. The van der Waals surface area contributed by atoms with Crippen molar-refractivity contribution in [3.8, 4) is 22.6 Å². The van der Waals surface area contributed by atoms with E-state index in [1.807, 2.05) is 98.5 Å². The van der Waals surface area contributed by atoms with Crippen molar-refractivity contribution in [2.24, 2.45) is 0 Å². The molecule has 4 aromatic rings. The van der Waals surface area contributed by atoms with Crippen LogP contribution in [0, 0.1) is 0 Å². The molecule has 0 radical (unpaired) electrons. The highest BCUT2D eigenvalue weighted by Crippen LogP contribution is 2.53. The Morgan fingerprint density at radius 3 is 2.50 bits per heavy atom. The van der Waals surface area contributed by atoms with Crippen LogP contribution in [-0.2, 0) is 21.5 Å². The van der Waals surface area contributed by atoms with Gasteiger partial charge in [0.1, 0.15) is 35.2 Å². The molecule has 224 valence electrons. The molecule has 2 amide bonds. The minimum Gasteiger partial charge on any atom is -0.491 e. The van der Waals surface area contributed by atoms with Crippen molar-refractivity contribution in [3.63, 3.8) is 0 Å². The van der Waals surface area contributed by atoms with Crippen LogP contribution in [0.2, 0.25) is 0 Å². The number of likely N-dealkylation sites (tertiary alicyclic amines) is 1. The molecular weight excluding hydrogens is 552 g/mol. The highest BCUT2D eigenvalue weighted by Gasteiger charge is 2.56. The first-order chi connectivity index (χ1) is 21.2. The molecule has 1 spiro atoms. The smallest absolute Gasteiger partial charge is 0.410 e. The first-order valence-electron chi connectivity index (χ1n) is 15.2. The van der Waals surface area contributed by atoms with Crippen molar-refractivity contribution < 1.29 is 23.8 Å². The van der Waals surface area contributed by atoms with E-state index in [0.29, 0.717) is 37.6 Å². The molecule has 0 aliphatic carbocycles. The highest BCUT2D eigenvalue weighted by atomic mass is 16.6. The van der Waals surface area contributed by atoms with Gasteiger partial charge < -0.3 is 24.0 Å². The van der Waals surface area contributed by atoms with E-state index in [2.05, 4.69) is 24.3 Å². The van der Waals surface area contributed by atoms with Crippen molar-refractivity contribution >= 4 is 17.7 Å². The lowest BCUT2D eigenvalue weighted by molar-refractivity contribution is -0.122. The molecule has 4 aromatic carbocycles. The fourth-order valence-electron chi connectivity index (χ4n) is 6.63. The molecule has 3 aliphatic rings. The number of rotatable bonds is 5. The monoisotopic (exact) mass is 588 g/mol. The maximum atomic E-state index is 14.5. The van der Waals surface area contributed by atoms with Gasteiger partial charge in [-0.05, 0) is 55.2 Å². The Kier molecular flexibility index (Phi) is 6.84. The molecule has 44 heavy (non-hydrogen) atoms. The van der Waals surface area contributed by atoms with Gasteiger partial charge in [0, 0.05) is 30.3 Å². The van der Waals surface area contributed by atoms with Gasteiger partial charge in [-0.25, -0.2) is 4.79 Å². The van der Waals surface area contributed by atoms with Gasteiger partial charge in [-0.15, -0.1) is 0 Å². The van der Waals surface area contributed by atoms with E-state index in [9.17, 15) is 9.59 Å². The number of anilines is 1. The van der Waals surface area contributed by atoms with Crippen LogP contribution in [0.5, 0.6) is 11.5 Å². The van der Waals surface area contributed by atoms with Crippen molar-refractivity contribution in [1.82, 2.24) is 4.90 Å². The van der Waals surface area contributed by atoms with E-state index >= 15 is 0 Å². The van der Waals surface area contributed by atoms with Gasteiger partial charge in [0.25, 0.3) is 0 Å². The van der Waals surface area contributed by atoms with E-state index in [0.717, 1.165) is 33.5 Å². The normalized spacial score (nSPS) is 20.4. The van der Waals surface area contributed by atoms with E-state index in [1.54, 1.807) is 4.90 Å². The fourth-order valence-corrected chi connectivity index (χ4v) is 6.63. The third-order valence-corrected chi connectivity index (χ3v) is 8.65. The lowest BCUT2D eigenvalue weighted by Gasteiger charge is -2.24. The van der Waals surface area contributed by atoms with Crippen LogP contribution in [0.4, 0.5) is 10.5 Å². The number of hydrogen-bond acceptors (Lipinski definition) is 5. The summed E-state index contributed by atoms with van der Waals surface area (Å²) < 4.78 is 18.1. The molecule has 7 nitrogen and oxygen atoms in total. The molecule has 0 bridgehead atoms. The molecule has 7 heteroatoms. The number of nitrogens with zero attached hydrogens (tertiary/aromatic N) is 2. The fraction of sp³-hybridized carbons (Fsp3) is 0.297. The van der Waals surface area contributed by atoms with Crippen molar-refractivity contribution in [3.05, 3.63) is 114 Å². The van der Waals surface area contributed by atoms with E-state index in [-0.39, 0.29) is 24.7 Å². The third kappa shape index (κ3) is 4.86. The molecule has 0 saturated carbocycles. The maximum absolute atomic E-state index is 14.5. The molecule has 2 unspecified atom stereocenters. The zero-order valence-corrected chi connectivity index (χ0v) is 25.3. The molecule has 1 fully saturated rings. The Balaban J connectivity index is 1.14. The number of fused-ring (bicyclic) bond motifs is 4. The van der Waals surface area contributed by atoms with Crippen LogP contribution in [0.15, 0.2) is 97.1 Å². The Hall–Kier alpha value is -4.78. The van der Waals surface area contributed by atoms with Gasteiger partial charge in [0.05, 0.1) is 13.1 Å². The summed E-state index contributed by atoms with van der Waals surface area (Å²) in [5, 5.41) is 0. The standard InChI is InChI=1S/C37H36N2O5/c1-36(2,3)44-35(41)38-20-19-28(23-38)43-27-17-18-31-33(21-27)42-24-37(31)30-15-9-10-16-32(30)39(34(37)40)22-26-13-7-8-14-29(26)25-11-5-4-6-12-25/h4-18,21,28H,19-20,22-24H2,1-3H3. The van der Waals surface area contributed by atoms with E-state index < -0.39 is 11.0 Å². The molecule has 1 saturated heterocycles. The molecule has 3 heterocycles. The molecule has 3 aliphatic heterocycles. The minimum atomic E-state index is -0.924. The molecule has 7 rings (SSSR count). The summed E-state index contributed by atoms with van der Waals surface area (Å²) in [6.07, 6.45) is 0.244. The second kappa shape index (κ2) is 10.7. The first kappa shape index (κ1) is 28.0. The van der Waals surface area contributed by atoms with Crippen LogP contribution in [0.25, 0.3) is 11.1 Å². The Morgan fingerprint density at radius 2 is 1.68 bits per heavy atom. The number of carbonyl (C=O) groups excluding carboxylic acids is 2. The van der Waals surface area contributed by atoms with Crippen molar-refractivity contribution in [1.29, 1.82) is 0 Å². The molecule has 0 N–H and O–H groups in total. The van der Waals surface area contributed by atoms with Crippen molar-refractivity contribution in [2.75, 3.05) is 24.6 Å². The second-order valence-electron chi connectivity index (χ2n) is 12.7. The van der Waals surface area contributed by atoms with Gasteiger partial charge in [-0.1, -0.05) is 78.9 Å². The summed E-state index contributed by atoms with van der Waals surface area (Å²) >= 11 is 0. The first-order valence-corrected chi connectivity index (χ1v) is 15.2. The largest absolute Gasteiger partial charge is 0.491 e. The second-order valence-corrected chi connectivity index (χ2v) is 12.7. The SMILES string of the molecule is CC(C)(C)OC(=O)N1CCC(Oc2ccc3c(c2)OCC32C(=O)N(Cc3ccccc3-c3ccccc3)c3ccccc32)C1.